The largest absolute Gasteiger partial charge is 0.143 e. The first-order valence-electron chi connectivity index (χ1n) is 9.19. The van der Waals surface area contributed by atoms with Gasteiger partial charge in [0.25, 0.3) is 0 Å². The van der Waals surface area contributed by atoms with Gasteiger partial charge >= 0.3 is 0 Å². The number of thioether (sulfide) groups is 6. The normalized spacial score (nSPS) is 62.6. The van der Waals surface area contributed by atoms with Gasteiger partial charge in [0, 0.05) is 34.5 Å². The number of hydrogen-bond donors (Lipinski definition) is 0. The summed E-state index contributed by atoms with van der Waals surface area (Å²) in [6.07, 6.45) is 0. The van der Waals surface area contributed by atoms with Crippen LogP contribution in [0.2, 0.25) is 0 Å². The molecule has 0 nitrogen and oxygen atoms in total. The van der Waals surface area contributed by atoms with E-state index < -0.39 is 0 Å². The fourth-order valence-electron chi connectivity index (χ4n) is 9.04. The van der Waals surface area contributed by atoms with Gasteiger partial charge in [-0.1, -0.05) is 0 Å². The maximum absolute atomic E-state index is 2.45. The zero-order valence-corrected chi connectivity index (χ0v) is 17.7. The molecule has 9 aliphatic rings. The van der Waals surface area contributed by atoms with Crippen molar-refractivity contribution in [3.05, 3.63) is 0 Å². The van der Waals surface area contributed by atoms with Crippen LogP contribution in [0.3, 0.4) is 0 Å². The average Bonchev–Trinajstić information content (AvgIpc) is 3.42. The first kappa shape index (κ1) is 14.1. The zero-order valence-electron chi connectivity index (χ0n) is 12.8. The van der Waals surface area contributed by atoms with Crippen LogP contribution >= 0.6 is 70.6 Å². The summed E-state index contributed by atoms with van der Waals surface area (Å²) in [6, 6.07) is 0. The lowest BCUT2D eigenvalue weighted by molar-refractivity contribution is 0.132. The SMILES string of the molecule is C1CSC2(S1)C1C3C4C5C(C1C41SCCS1)C2C3C51SCCS1. The zero-order chi connectivity index (χ0) is 14.6. The number of hydrogen-bond acceptors (Lipinski definition) is 6. The van der Waals surface area contributed by atoms with Crippen LogP contribution in [-0.2, 0) is 0 Å². The molecule has 3 aliphatic heterocycles. The molecule has 0 amide bonds. The Morgan fingerprint density at radius 3 is 0.826 bits per heavy atom. The third kappa shape index (κ3) is 1.15. The van der Waals surface area contributed by atoms with E-state index in [2.05, 4.69) is 70.6 Å². The summed E-state index contributed by atoms with van der Waals surface area (Å²) < 4.78 is 2.08. The first-order valence-corrected chi connectivity index (χ1v) is 15.1. The summed E-state index contributed by atoms with van der Waals surface area (Å²) in [5, 5.41) is 0. The highest BCUT2D eigenvalue weighted by atomic mass is 32.2. The standard InChI is InChI=1S/C17H20S6/c1-2-19-15(18-1)9-8-12-10(15)7-11(9)16(20-3-4-21-16)13(8)14(7)17(12)22-5-6-23-17/h7-14H,1-6H2. The molecule has 0 aromatic carbocycles. The Morgan fingerprint density at radius 2 is 0.609 bits per heavy atom. The van der Waals surface area contributed by atoms with Crippen LogP contribution in [0, 0.1) is 47.3 Å². The van der Waals surface area contributed by atoms with Crippen LogP contribution < -0.4 is 0 Å². The molecule has 9 fully saturated rings. The third-order valence-electron chi connectivity index (χ3n) is 8.65. The Kier molecular flexibility index (Phi) is 2.51. The lowest BCUT2D eigenvalue weighted by Gasteiger charge is -2.32. The van der Waals surface area contributed by atoms with Gasteiger partial charge in [-0.05, 0) is 47.3 Å². The van der Waals surface area contributed by atoms with Crippen molar-refractivity contribution in [1.82, 2.24) is 0 Å². The summed E-state index contributed by atoms with van der Waals surface area (Å²) in [5.41, 5.74) is 0. The minimum absolute atomic E-state index is 0.693. The smallest absolute Gasteiger partial charge is 0.0680 e. The maximum Gasteiger partial charge on any atom is 0.0680 e. The van der Waals surface area contributed by atoms with Crippen molar-refractivity contribution >= 4 is 70.6 Å². The maximum atomic E-state index is 2.45. The molecule has 9 rings (SSSR count). The molecule has 23 heavy (non-hydrogen) atoms. The van der Waals surface area contributed by atoms with Crippen molar-refractivity contribution < 1.29 is 0 Å². The molecule has 6 heteroatoms. The van der Waals surface area contributed by atoms with Gasteiger partial charge < -0.3 is 0 Å². The van der Waals surface area contributed by atoms with Crippen LogP contribution in [0.1, 0.15) is 0 Å². The van der Waals surface area contributed by atoms with Gasteiger partial charge in [-0.2, -0.15) is 0 Å². The lowest BCUT2D eigenvalue weighted by Crippen LogP contribution is -2.30. The molecule has 6 unspecified atom stereocenters. The summed E-state index contributed by atoms with van der Waals surface area (Å²) in [7, 11) is 0. The summed E-state index contributed by atoms with van der Waals surface area (Å²) in [5.74, 6) is 17.6. The second-order valence-corrected chi connectivity index (χ2v) is 17.6. The molecule has 6 aliphatic carbocycles. The van der Waals surface area contributed by atoms with E-state index in [-0.39, 0.29) is 0 Å². The second kappa shape index (κ2) is 4.09. The third-order valence-corrected chi connectivity index (χ3v) is 20.0. The highest BCUT2D eigenvalue weighted by Gasteiger charge is 2.96. The predicted octanol–water partition coefficient (Wildman–Crippen LogP) is 4.51. The molecule has 3 spiro atoms. The van der Waals surface area contributed by atoms with Gasteiger partial charge in [0.15, 0.2) is 0 Å². The van der Waals surface area contributed by atoms with Crippen LogP contribution in [-0.4, -0.2) is 46.8 Å². The first-order chi connectivity index (χ1) is 11.4. The van der Waals surface area contributed by atoms with E-state index in [0.29, 0.717) is 12.2 Å². The topological polar surface area (TPSA) is 0 Å². The van der Waals surface area contributed by atoms with Crippen molar-refractivity contribution in [2.45, 2.75) is 12.2 Å². The minimum atomic E-state index is 0.693. The molecular formula is C17H20S6. The molecule has 0 aromatic rings. The van der Waals surface area contributed by atoms with Crippen molar-refractivity contribution in [3.8, 4) is 0 Å². The van der Waals surface area contributed by atoms with Crippen LogP contribution in [0.25, 0.3) is 0 Å². The predicted molar refractivity (Wildman–Crippen MR) is 111 cm³/mol. The highest BCUT2D eigenvalue weighted by molar-refractivity contribution is 8.22. The van der Waals surface area contributed by atoms with Crippen molar-refractivity contribution in [1.29, 1.82) is 0 Å². The minimum Gasteiger partial charge on any atom is -0.143 e. The second-order valence-electron chi connectivity index (χ2n) is 8.56. The van der Waals surface area contributed by atoms with E-state index in [1.54, 1.807) is 0 Å². The molecule has 6 bridgehead atoms. The van der Waals surface area contributed by atoms with Crippen molar-refractivity contribution in [2.24, 2.45) is 47.3 Å². The fourth-order valence-corrected chi connectivity index (χ4v) is 21.4. The van der Waals surface area contributed by atoms with Gasteiger partial charge in [0.05, 0.1) is 12.2 Å². The van der Waals surface area contributed by atoms with Crippen LogP contribution in [0.15, 0.2) is 0 Å². The molecule has 3 saturated heterocycles. The van der Waals surface area contributed by atoms with E-state index >= 15 is 0 Å². The van der Waals surface area contributed by atoms with Crippen molar-refractivity contribution in [2.75, 3.05) is 34.5 Å². The average molecular weight is 417 g/mol. The molecule has 0 radical (unpaired) electrons. The Morgan fingerprint density at radius 1 is 0.391 bits per heavy atom. The van der Waals surface area contributed by atoms with E-state index in [9.17, 15) is 0 Å². The Balaban J connectivity index is 1.41. The van der Waals surface area contributed by atoms with Crippen LogP contribution in [0.4, 0.5) is 0 Å². The highest BCUT2D eigenvalue weighted by Crippen LogP contribution is 2.98. The van der Waals surface area contributed by atoms with E-state index in [0.717, 1.165) is 47.3 Å². The molecule has 124 valence electrons. The molecule has 6 atom stereocenters. The van der Waals surface area contributed by atoms with E-state index in [1.165, 1.54) is 34.5 Å². The van der Waals surface area contributed by atoms with Gasteiger partial charge in [-0.3, -0.25) is 0 Å². The van der Waals surface area contributed by atoms with E-state index in [1.807, 2.05) is 0 Å². The lowest BCUT2D eigenvalue weighted by atomic mass is 9.71. The molecule has 0 N–H and O–H groups in total. The van der Waals surface area contributed by atoms with Gasteiger partial charge in [0.1, 0.15) is 0 Å². The summed E-state index contributed by atoms with van der Waals surface area (Å²) in [4.78, 5) is 0. The van der Waals surface area contributed by atoms with Crippen molar-refractivity contribution in [3.63, 3.8) is 0 Å². The summed E-state index contributed by atoms with van der Waals surface area (Å²) in [6.45, 7) is 0. The molecular weight excluding hydrogens is 397 g/mol. The van der Waals surface area contributed by atoms with Gasteiger partial charge in [0.2, 0.25) is 0 Å². The molecule has 6 saturated carbocycles. The van der Waals surface area contributed by atoms with Crippen LogP contribution in [0.5, 0.6) is 0 Å². The number of rotatable bonds is 0. The molecule has 3 heterocycles. The summed E-state index contributed by atoms with van der Waals surface area (Å²) >= 11 is 14.7. The van der Waals surface area contributed by atoms with Gasteiger partial charge in [-0.25, -0.2) is 0 Å². The Hall–Kier alpha value is 2.10. The van der Waals surface area contributed by atoms with E-state index in [4.69, 9.17) is 0 Å². The van der Waals surface area contributed by atoms with Gasteiger partial charge in [-0.15, -0.1) is 70.6 Å². The Labute approximate surface area is 163 Å². The fraction of sp³-hybridized carbons (Fsp3) is 1.00. The molecule has 0 aromatic heterocycles. The Bertz CT molecular complexity index is 495. The quantitative estimate of drug-likeness (QED) is 0.565. The monoisotopic (exact) mass is 416 g/mol.